The highest BCUT2D eigenvalue weighted by Gasteiger charge is 2.36. The van der Waals surface area contributed by atoms with Gasteiger partial charge in [0.05, 0.1) is 29.3 Å². The van der Waals surface area contributed by atoms with Crippen LogP contribution in [0.2, 0.25) is 0 Å². The first-order chi connectivity index (χ1) is 13.1. The van der Waals surface area contributed by atoms with Crippen molar-refractivity contribution in [3.8, 4) is 11.3 Å². The molecule has 0 radical (unpaired) electrons. The number of hydrogen-bond donors (Lipinski definition) is 1. The molecule has 1 aliphatic rings. The molecule has 1 aliphatic heterocycles. The molecule has 0 spiro atoms. The molecule has 27 heavy (non-hydrogen) atoms. The minimum absolute atomic E-state index is 0.251. The van der Waals surface area contributed by atoms with Crippen LogP contribution in [0.5, 0.6) is 0 Å². The summed E-state index contributed by atoms with van der Waals surface area (Å²) in [6, 6.07) is 12.0. The SMILES string of the molecule is O=C(CN1C(=O)c2ccccc2C1=O)NCc1ccc(-c2ccoc2)nc1. The van der Waals surface area contributed by atoms with Gasteiger partial charge in [-0.3, -0.25) is 24.3 Å². The molecule has 0 fully saturated rings. The monoisotopic (exact) mass is 361 g/mol. The van der Waals surface area contributed by atoms with E-state index in [4.69, 9.17) is 4.42 Å². The third-order valence-electron chi connectivity index (χ3n) is 4.31. The number of aromatic nitrogens is 1. The van der Waals surface area contributed by atoms with Crippen molar-refractivity contribution in [1.82, 2.24) is 15.2 Å². The highest BCUT2D eigenvalue weighted by atomic mass is 16.3. The Morgan fingerprint density at radius 1 is 1.04 bits per heavy atom. The molecule has 1 aromatic carbocycles. The molecule has 1 N–H and O–H groups in total. The number of imide groups is 1. The van der Waals surface area contributed by atoms with Gasteiger partial charge in [0.15, 0.2) is 0 Å². The number of amides is 3. The highest BCUT2D eigenvalue weighted by Crippen LogP contribution is 2.22. The Bertz CT molecular complexity index is 975. The largest absolute Gasteiger partial charge is 0.472 e. The Balaban J connectivity index is 1.35. The Kier molecular flexibility index (Phi) is 4.25. The van der Waals surface area contributed by atoms with Gasteiger partial charge < -0.3 is 9.73 Å². The van der Waals surface area contributed by atoms with E-state index in [9.17, 15) is 14.4 Å². The van der Waals surface area contributed by atoms with E-state index < -0.39 is 17.7 Å². The summed E-state index contributed by atoms with van der Waals surface area (Å²) in [5.74, 6) is -1.31. The third kappa shape index (κ3) is 3.22. The lowest BCUT2D eigenvalue weighted by molar-refractivity contribution is -0.121. The fraction of sp³-hybridized carbons (Fsp3) is 0.100. The number of fused-ring (bicyclic) bond motifs is 1. The summed E-state index contributed by atoms with van der Waals surface area (Å²) in [5.41, 5.74) is 3.10. The molecule has 7 nitrogen and oxygen atoms in total. The number of carbonyl (C=O) groups excluding carboxylic acids is 3. The second-order valence-corrected chi connectivity index (χ2v) is 6.08. The van der Waals surface area contributed by atoms with Gasteiger partial charge in [0, 0.05) is 18.3 Å². The molecule has 0 saturated heterocycles. The van der Waals surface area contributed by atoms with Gasteiger partial charge in [0.2, 0.25) is 5.91 Å². The van der Waals surface area contributed by atoms with Crippen molar-refractivity contribution in [3.05, 3.63) is 77.9 Å². The molecule has 0 bridgehead atoms. The Labute approximate surface area is 154 Å². The van der Waals surface area contributed by atoms with Gasteiger partial charge in [-0.2, -0.15) is 0 Å². The van der Waals surface area contributed by atoms with Crippen molar-refractivity contribution < 1.29 is 18.8 Å². The van der Waals surface area contributed by atoms with E-state index in [1.54, 1.807) is 43.0 Å². The van der Waals surface area contributed by atoms with Crippen LogP contribution in [0.4, 0.5) is 0 Å². The fourth-order valence-corrected chi connectivity index (χ4v) is 2.89. The van der Waals surface area contributed by atoms with E-state index in [1.165, 1.54) is 0 Å². The van der Waals surface area contributed by atoms with E-state index in [2.05, 4.69) is 10.3 Å². The molecular formula is C20H15N3O4. The van der Waals surface area contributed by atoms with Crippen molar-refractivity contribution >= 4 is 17.7 Å². The van der Waals surface area contributed by atoms with Crippen LogP contribution in [0.25, 0.3) is 11.3 Å². The van der Waals surface area contributed by atoms with Crippen molar-refractivity contribution in [2.75, 3.05) is 6.54 Å². The first kappa shape index (κ1) is 16.7. The second kappa shape index (κ2) is 6.87. The smallest absolute Gasteiger partial charge is 0.262 e. The van der Waals surface area contributed by atoms with Crippen LogP contribution in [0.3, 0.4) is 0 Å². The van der Waals surface area contributed by atoms with Crippen LogP contribution >= 0.6 is 0 Å². The minimum atomic E-state index is -0.447. The summed E-state index contributed by atoms with van der Waals surface area (Å²) in [6.45, 7) is -0.0620. The molecule has 0 atom stereocenters. The van der Waals surface area contributed by atoms with Crippen molar-refractivity contribution in [2.45, 2.75) is 6.54 Å². The number of furan rings is 1. The van der Waals surface area contributed by atoms with E-state index in [0.717, 1.165) is 21.7 Å². The number of nitrogens with one attached hydrogen (secondary N) is 1. The average Bonchev–Trinajstić information content (AvgIpc) is 3.31. The fourth-order valence-electron chi connectivity index (χ4n) is 2.89. The van der Waals surface area contributed by atoms with Crippen LogP contribution in [-0.4, -0.2) is 34.2 Å². The van der Waals surface area contributed by atoms with E-state index >= 15 is 0 Å². The lowest BCUT2D eigenvalue weighted by Gasteiger charge is -2.13. The van der Waals surface area contributed by atoms with E-state index in [0.29, 0.717) is 11.1 Å². The number of benzene rings is 1. The summed E-state index contributed by atoms with van der Waals surface area (Å²) in [7, 11) is 0. The highest BCUT2D eigenvalue weighted by molar-refractivity contribution is 6.22. The van der Waals surface area contributed by atoms with Crippen molar-refractivity contribution in [3.63, 3.8) is 0 Å². The molecule has 0 unspecified atom stereocenters. The predicted molar refractivity (Wildman–Crippen MR) is 95.6 cm³/mol. The maximum absolute atomic E-state index is 12.3. The van der Waals surface area contributed by atoms with Gasteiger partial charge in [0.1, 0.15) is 6.54 Å². The van der Waals surface area contributed by atoms with Crippen LogP contribution in [0.15, 0.2) is 65.6 Å². The molecular weight excluding hydrogens is 346 g/mol. The van der Waals surface area contributed by atoms with Gasteiger partial charge in [-0.25, -0.2) is 0 Å². The summed E-state index contributed by atoms with van der Waals surface area (Å²) in [5, 5.41) is 2.70. The molecule has 0 aliphatic carbocycles. The molecule has 3 amide bonds. The van der Waals surface area contributed by atoms with Crippen LogP contribution in [-0.2, 0) is 11.3 Å². The quantitative estimate of drug-likeness (QED) is 0.704. The first-order valence-electron chi connectivity index (χ1n) is 8.33. The molecule has 7 heteroatoms. The molecule has 134 valence electrons. The molecule has 0 saturated carbocycles. The second-order valence-electron chi connectivity index (χ2n) is 6.08. The van der Waals surface area contributed by atoms with Gasteiger partial charge in [-0.1, -0.05) is 18.2 Å². The Hall–Kier alpha value is -3.74. The van der Waals surface area contributed by atoms with Crippen molar-refractivity contribution in [1.29, 1.82) is 0 Å². The number of carbonyl (C=O) groups is 3. The van der Waals surface area contributed by atoms with Crippen LogP contribution < -0.4 is 5.32 Å². The first-order valence-corrected chi connectivity index (χ1v) is 8.33. The van der Waals surface area contributed by atoms with Gasteiger partial charge >= 0.3 is 0 Å². The van der Waals surface area contributed by atoms with Gasteiger partial charge in [-0.15, -0.1) is 0 Å². The standard InChI is InChI=1S/C20H15N3O4/c24-18(11-23-19(25)15-3-1-2-4-16(15)20(23)26)22-10-13-5-6-17(21-9-13)14-7-8-27-12-14/h1-9,12H,10-11H2,(H,22,24). The number of hydrogen-bond acceptors (Lipinski definition) is 5. The lowest BCUT2D eigenvalue weighted by Crippen LogP contribution is -2.40. The number of rotatable bonds is 5. The third-order valence-corrected chi connectivity index (χ3v) is 4.31. The molecule has 4 rings (SSSR count). The lowest BCUT2D eigenvalue weighted by atomic mass is 10.1. The van der Waals surface area contributed by atoms with Crippen LogP contribution in [0.1, 0.15) is 26.3 Å². The average molecular weight is 361 g/mol. The molecule has 3 aromatic rings. The van der Waals surface area contributed by atoms with Crippen molar-refractivity contribution in [2.24, 2.45) is 0 Å². The molecule has 3 heterocycles. The zero-order valence-corrected chi connectivity index (χ0v) is 14.2. The van der Waals surface area contributed by atoms with Crippen LogP contribution in [0, 0.1) is 0 Å². The summed E-state index contributed by atoms with van der Waals surface area (Å²) >= 11 is 0. The molecule has 2 aromatic heterocycles. The van der Waals surface area contributed by atoms with Gasteiger partial charge in [0.25, 0.3) is 11.8 Å². The minimum Gasteiger partial charge on any atom is -0.472 e. The topological polar surface area (TPSA) is 92.5 Å². The summed E-state index contributed by atoms with van der Waals surface area (Å²) < 4.78 is 5.03. The maximum Gasteiger partial charge on any atom is 0.262 e. The maximum atomic E-state index is 12.3. The van der Waals surface area contributed by atoms with E-state index in [1.807, 2.05) is 18.2 Å². The normalized spacial score (nSPS) is 13.0. The Morgan fingerprint density at radius 3 is 2.37 bits per heavy atom. The Morgan fingerprint density at radius 2 is 1.78 bits per heavy atom. The summed E-state index contributed by atoms with van der Waals surface area (Å²) in [4.78, 5) is 42.0. The predicted octanol–water partition coefficient (Wildman–Crippen LogP) is 2.25. The summed E-state index contributed by atoms with van der Waals surface area (Å²) in [6.07, 6.45) is 4.83. The van der Waals surface area contributed by atoms with Gasteiger partial charge in [-0.05, 0) is 29.8 Å². The zero-order chi connectivity index (χ0) is 18.8. The zero-order valence-electron chi connectivity index (χ0n) is 14.2. The van der Waals surface area contributed by atoms with E-state index in [-0.39, 0.29) is 13.1 Å². The number of nitrogens with zero attached hydrogens (tertiary/aromatic N) is 2. The number of pyridine rings is 1.